The summed E-state index contributed by atoms with van der Waals surface area (Å²) in [5.41, 5.74) is 2.82. The van der Waals surface area contributed by atoms with Crippen LogP contribution in [0.5, 0.6) is 0 Å². The van der Waals surface area contributed by atoms with Gasteiger partial charge >= 0.3 is 0 Å². The molecular weight excluding hydrogens is 354 g/mol. The first-order chi connectivity index (χ1) is 13.6. The minimum atomic E-state index is -0.423. The van der Waals surface area contributed by atoms with Gasteiger partial charge in [0.05, 0.1) is 36.6 Å². The van der Waals surface area contributed by atoms with Gasteiger partial charge in [-0.1, -0.05) is 30.3 Å². The number of amides is 2. The monoisotopic (exact) mass is 381 g/mol. The molecule has 1 fully saturated rings. The summed E-state index contributed by atoms with van der Waals surface area (Å²) in [7, 11) is 0. The number of nitrogens with zero attached hydrogens (tertiary/aromatic N) is 3. The van der Waals surface area contributed by atoms with Crippen molar-refractivity contribution >= 4 is 11.8 Å². The van der Waals surface area contributed by atoms with Crippen molar-refractivity contribution < 1.29 is 9.59 Å². The zero-order chi connectivity index (χ0) is 19.8. The summed E-state index contributed by atoms with van der Waals surface area (Å²) in [4.78, 5) is 35.2. The Bertz CT molecular complexity index is 779. The number of hydrogen-bond acceptors (Lipinski definition) is 5. The zero-order valence-electron chi connectivity index (χ0n) is 16.2. The smallest absolute Gasteiger partial charge is 0.237 e. The molecule has 1 aromatic carbocycles. The van der Waals surface area contributed by atoms with Crippen molar-refractivity contribution in [1.29, 1.82) is 0 Å². The van der Waals surface area contributed by atoms with Gasteiger partial charge in [0, 0.05) is 19.3 Å². The first-order valence-electron chi connectivity index (χ1n) is 9.72. The van der Waals surface area contributed by atoms with Gasteiger partial charge in [0.25, 0.3) is 0 Å². The number of carbonyl (C=O) groups excluding carboxylic acids is 2. The van der Waals surface area contributed by atoms with Crippen molar-refractivity contribution in [3.05, 3.63) is 59.7 Å². The van der Waals surface area contributed by atoms with E-state index in [0.717, 1.165) is 31.6 Å². The molecule has 7 heteroatoms. The lowest BCUT2D eigenvalue weighted by Crippen LogP contribution is -2.56. The molecular formula is C21H27N5O2. The van der Waals surface area contributed by atoms with Gasteiger partial charge < -0.3 is 10.6 Å². The first-order valence-corrected chi connectivity index (χ1v) is 9.72. The molecule has 7 nitrogen and oxygen atoms in total. The predicted octanol–water partition coefficient (Wildman–Crippen LogP) is 1.22. The number of piperazine rings is 1. The highest BCUT2D eigenvalue weighted by Crippen LogP contribution is 2.12. The third-order valence-corrected chi connectivity index (χ3v) is 4.88. The minimum absolute atomic E-state index is 0.0729. The second kappa shape index (κ2) is 9.94. The molecule has 0 spiro atoms. The fourth-order valence-electron chi connectivity index (χ4n) is 3.33. The molecule has 1 saturated heterocycles. The van der Waals surface area contributed by atoms with Crippen LogP contribution in [-0.2, 0) is 22.6 Å². The predicted molar refractivity (Wildman–Crippen MR) is 106 cm³/mol. The van der Waals surface area contributed by atoms with E-state index in [4.69, 9.17) is 0 Å². The molecule has 1 atom stereocenters. The van der Waals surface area contributed by atoms with Crippen molar-refractivity contribution in [1.82, 2.24) is 25.5 Å². The number of carbonyl (C=O) groups is 2. The number of aromatic nitrogens is 2. The van der Waals surface area contributed by atoms with E-state index in [1.54, 1.807) is 12.4 Å². The van der Waals surface area contributed by atoms with Crippen LogP contribution in [0.25, 0.3) is 0 Å². The Balaban J connectivity index is 1.49. The molecule has 2 aromatic rings. The van der Waals surface area contributed by atoms with E-state index in [9.17, 15) is 9.59 Å². The molecule has 28 heavy (non-hydrogen) atoms. The molecule has 148 valence electrons. The van der Waals surface area contributed by atoms with E-state index >= 15 is 0 Å². The highest BCUT2D eigenvalue weighted by Gasteiger charge is 2.31. The number of aryl methyl sites for hydroxylation is 2. The molecule has 1 aromatic heterocycles. The Hall–Kier alpha value is -2.80. The van der Waals surface area contributed by atoms with Gasteiger partial charge in [0.1, 0.15) is 0 Å². The number of hydrogen-bond donors (Lipinski definition) is 2. The van der Waals surface area contributed by atoms with Gasteiger partial charge in [-0.25, -0.2) is 0 Å². The normalized spacial score (nSPS) is 17.2. The summed E-state index contributed by atoms with van der Waals surface area (Å²) in [6, 6.07) is 9.89. The molecule has 1 aliphatic heterocycles. The van der Waals surface area contributed by atoms with Gasteiger partial charge in [-0.05, 0) is 31.9 Å². The molecule has 0 unspecified atom stereocenters. The molecule has 0 saturated carbocycles. The minimum Gasteiger partial charge on any atom is -0.353 e. The van der Waals surface area contributed by atoms with E-state index in [-0.39, 0.29) is 18.2 Å². The highest BCUT2D eigenvalue weighted by molar-refractivity contribution is 5.88. The summed E-state index contributed by atoms with van der Waals surface area (Å²) < 4.78 is 0. The Morgan fingerprint density at radius 2 is 2.07 bits per heavy atom. The average Bonchev–Trinajstić information content (AvgIpc) is 2.71. The molecule has 0 aliphatic carbocycles. The molecule has 2 amide bonds. The standard InChI is InChI=1S/C21H27N5O2/c1-16-13-24-18(14-23-16)15-25-20(27)12-19-21(28)22-9-11-26(19)10-5-8-17-6-3-2-4-7-17/h2-4,6-7,13-14,19H,5,8-12,15H2,1H3,(H,22,28)(H,25,27)/t19-/m0/s1. The van der Waals surface area contributed by atoms with Crippen LogP contribution in [0.15, 0.2) is 42.7 Å². The van der Waals surface area contributed by atoms with Crippen LogP contribution < -0.4 is 10.6 Å². The molecule has 0 bridgehead atoms. The molecule has 2 heterocycles. The molecule has 0 radical (unpaired) electrons. The van der Waals surface area contributed by atoms with E-state index in [2.05, 4.69) is 37.6 Å². The van der Waals surface area contributed by atoms with Gasteiger partial charge in [0.15, 0.2) is 0 Å². The average molecular weight is 381 g/mol. The fourth-order valence-corrected chi connectivity index (χ4v) is 3.33. The van der Waals surface area contributed by atoms with Gasteiger partial charge in [-0.15, -0.1) is 0 Å². The number of rotatable bonds is 8. The van der Waals surface area contributed by atoms with Crippen LogP contribution in [0, 0.1) is 6.92 Å². The largest absolute Gasteiger partial charge is 0.353 e. The summed E-state index contributed by atoms with van der Waals surface area (Å²) >= 11 is 0. The second-order valence-corrected chi connectivity index (χ2v) is 7.06. The lowest BCUT2D eigenvalue weighted by atomic mass is 10.1. The summed E-state index contributed by atoms with van der Waals surface area (Å²) in [6.07, 6.45) is 5.39. The van der Waals surface area contributed by atoms with E-state index in [1.807, 2.05) is 25.1 Å². The third kappa shape index (κ3) is 5.85. The summed E-state index contributed by atoms with van der Waals surface area (Å²) in [5.74, 6) is -0.228. The van der Waals surface area contributed by atoms with E-state index < -0.39 is 6.04 Å². The van der Waals surface area contributed by atoms with Crippen molar-refractivity contribution in [2.24, 2.45) is 0 Å². The van der Waals surface area contributed by atoms with Crippen LogP contribution in [-0.4, -0.2) is 52.4 Å². The van der Waals surface area contributed by atoms with Crippen LogP contribution in [0.3, 0.4) is 0 Å². The van der Waals surface area contributed by atoms with Crippen LogP contribution >= 0.6 is 0 Å². The van der Waals surface area contributed by atoms with Gasteiger partial charge in [-0.2, -0.15) is 0 Å². The maximum absolute atomic E-state index is 12.4. The number of nitrogens with one attached hydrogen (secondary N) is 2. The summed E-state index contributed by atoms with van der Waals surface area (Å²) in [5, 5.41) is 5.71. The highest BCUT2D eigenvalue weighted by atomic mass is 16.2. The maximum atomic E-state index is 12.4. The van der Waals surface area contributed by atoms with Crippen LogP contribution in [0.1, 0.15) is 29.8 Å². The zero-order valence-corrected chi connectivity index (χ0v) is 16.2. The molecule has 3 rings (SSSR count). The molecule has 1 aliphatic rings. The van der Waals surface area contributed by atoms with Gasteiger partial charge in [0.2, 0.25) is 11.8 Å². The second-order valence-electron chi connectivity index (χ2n) is 7.06. The van der Waals surface area contributed by atoms with Crippen molar-refractivity contribution in [2.75, 3.05) is 19.6 Å². The van der Waals surface area contributed by atoms with E-state index in [0.29, 0.717) is 18.8 Å². The Morgan fingerprint density at radius 3 is 2.82 bits per heavy atom. The quantitative estimate of drug-likeness (QED) is 0.718. The van der Waals surface area contributed by atoms with Crippen molar-refractivity contribution in [3.8, 4) is 0 Å². The fraction of sp³-hybridized carbons (Fsp3) is 0.429. The first kappa shape index (κ1) is 19.9. The lowest BCUT2D eigenvalue weighted by Gasteiger charge is -2.34. The van der Waals surface area contributed by atoms with Crippen molar-refractivity contribution in [3.63, 3.8) is 0 Å². The SMILES string of the molecule is Cc1cnc(CNC(=O)C[C@H]2C(=O)NCCN2CCCc2ccccc2)cn1. The van der Waals surface area contributed by atoms with Crippen molar-refractivity contribution in [2.45, 2.75) is 38.8 Å². The number of benzene rings is 1. The maximum Gasteiger partial charge on any atom is 0.237 e. The Morgan fingerprint density at radius 1 is 1.25 bits per heavy atom. The molecule has 2 N–H and O–H groups in total. The van der Waals surface area contributed by atoms with Gasteiger partial charge in [-0.3, -0.25) is 24.5 Å². The van der Waals surface area contributed by atoms with Crippen LogP contribution in [0.2, 0.25) is 0 Å². The topological polar surface area (TPSA) is 87.2 Å². The lowest BCUT2D eigenvalue weighted by molar-refractivity contribution is -0.134. The third-order valence-electron chi connectivity index (χ3n) is 4.88. The van der Waals surface area contributed by atoms with E-state index in [1.165, 1.54) is 5.56 Å². The van der Waals surface area contributed by atoms with Crippen LogP contribution in [0.4, 0.5) is 0 Å². The Kier molecular flexibility index (Phi) is 7.08. The Labute approximate surface area is 165 Å². The summed E-state index contributed by atoms with van der Waals surface area (Å²) in [6.45, 7) is 4.37.